The molecule has 8 nitrogen and oxygen atoms in total. The van der Waals surface area contributed by atoms with Crippen LogP contribution in [-0.2, 0) is 14.4 Å². The molecule has 1 aliphatic heterocycles. The van der Waals surface area contributed by atoms with Crippen LogP contribution in [0.2, 0.25) is 0 Å². The second-order valence-corrected chi connectivity index (χ2v) is 10.2. The van der Waals surface area contributed by atoms with E-state index in [4.69, 9.17) is 0 Å². The molecule has 1 saturated carbocycles. The smallest absolute Gasteiger partial charge is 0.256 e. The lowest BCUT2D eigenvalue weighted by Gasteiger charge is -2.14. The maximum atomic E-state index is 14.2. The van der Waals surface area contributed by atoms with Crippen LogP contribution < -0.4 is 10.6 Å². The Hall–Kier alpha value is -3.88. The number of carbonyl (C=O) groups excluding carboxylic acids is 3. The molecule has 1 aromatic heterocycles. The van der Waals surface area contributed by atoms with Crippen molar-refractivity contribution >= 4 is 41.3 Å². The van der Waals surface area contributed by atoms with Crippen molar-refractivity contribution in [1.29, 1.82) is 0 Å². The van der Waals surface area contributed by atoms with Crippen molar-refractivity contribution in [3.8, 4) is 0 Å². The molecule has 0 radical (unpaired) electrons. The number of benzene rings is 1. The zero-order valence-electron chi connectivity index (χ0n) is 23.3. The molecule has 0 unspecified atom stereocenters. The average Bonchev–Trinajstić information content (AvgIpc) is 3.61. The molecule has 9 heteroatoms. The zero-order chi connectivity index (χ0) is 28.1. The van der Waals surface area contributed by atoms with Crippen LogP contribution in [0.4, 0.5) is 10.1 Å². The summed E-state index contributed by atoms with van der Waals surface area (Å²) in [5.41, 5.74) is 8.69. The van der Waals surface area contributed by atoms with Gasteiger partial charge in [-0.25, -0.2) is 4.39 Å². The number of amides is 3. The highest BCUT2D eigenvalue weighted by Crippen LogP contribution is 2.39. The molecule has 4 rings (SSSR count). The number of aromatic amines is 1. The lowest BCUT2D eigenvalue weighted by Crippen LogP contribution is -2.23. The molecule has 2 aliphatic rings. The first-order valence-electron chi connectivity index (χ1n) is 12.7. The lowest BCUT2D eigenvalue weighted by molar-refractivity contribution is -0.128. The highest BCUT2D eigenvalue weighted by molar-refractivity contribution is 6.35. The fourth-order valence-corrected chi connectivity index (χ4v) is 4.28. The van der Waals surface area contributed by atoms with Crippen molar-refractivity contribution in [3.63, 3.8) is 0 Å². The van der Waals surface area contributed by atoms with Gasteiger partial charge in [-0.3, -0.25) is 14.4 Å². The molecule has 2 aromatic rings. The summed E-state index contributed by atoms with van der Waals surface area (Å²) in [6.45, 7) is 6.46. The number of anilines is 1. The number of allylic oxidation sites excluding steroid dienone is 1. The minimum Gasteiger partial charge on any atom is -0.385 e. The van der Waals surface area contributed by atoms with Crippen molar-refractivity contribution < 1.29 is 18.8 Å². The molecule has 0 saturated heterocycles. The number of rotatable bonds is 8. The van der Waals surface area contributed by atoms with Gasteiger partial charge < -0.3 is 25.4 Å². The molecule has 204 valence electrons. The Morgan fingerprint density at radius 2 is 1.79 bits per heavy atom. The maximum Gasteiger partial charge on any atom is 0.256 e. The van der Waals surface area contributed by atoms with Gasteiger partial charge in [-0.2, -0.15) is 0 Å². The number of hydrogen-bond donors (Lipinski definition) is 3. The summed E-state index contributed by atoms with van der Waals surface area (Å²) in [5.74, 6) is -0.427. The molecule has 2 heterocycles. The predicted octanol–water partition coefficient (Wildman–Crippen LogP) is 4.24. The minimum absolute atomic E-state index is 0.127. The van der Waals surface area contributed by atoms with Gasteiger partial charge in [-0.1, -0.05) is 0 Å². The summed E-state index contributed by atoms with van der Waals surface area (Å²) in [6.07, 6.45) is 5.96. The Morgan fingerprint density at radius 1 is 1.13 bits per heavy atom. The molecule has 0 spiro atoms. The van der Waals surface area contributed by atoms with Gasteiger partial charge in [-0.05, 0) is 74.9 Å². The van der Waals surface area contributed by atoms with Gasteiger partial charge in [0.25, 0.3) is 5.91 Å². The highest BCUT2D eigenvalue weighted by atomic mass is 19.1. The number of hydrogen-bond acceptors (Lipinski definition) is 4. The number of halogens is 1. The Bertz CT molecular complexity index is 1300. The Balaban J connectivity index is 0.000000732. The van der Waals surface area contributed by atoms with Crippen molar-refractivity contribution in [2.45, 2.75) is 46.5 Å². The lowest BCUT2D eigenvalue weighted by atomic mass is 10.0. The molecule has 1 aliphatic carbocycles. The van der Waals surface area contributed by atoms with Gasteiger partial charge in [0.15, 0.2) is 0 Å². The van der Waals surface area contributed by atoms with Crippen LogP contribution in [0.1, 0.15) is 59.3 Å². The second kappa shape index (κ2) is 12.1. The van der Waals surface area contributed by atoms with Crippen molar-refractivity contribution in [1.82, 2.24) is 20.1 Å². The normalized spacial score (nSPS) is 14.4. The van der Waals surface area contributed by atoms with Gasteiger partial charge in [0.05, 0.1) is 5.57 Å². The number of aromatic nitrogens is 1. The zero-order valence-corrected chi connectivity index (χ0v) is 23.3. The molecule has 0 atom stereocenters. The number of nitrogens with one attached hydrogen (secondary N) is 3. The number of fused-ring (bicyclic) bond motifs is 1. The van der Waals surface area contributed by atoms with E-state index in [9.17, 15) is 18.8 Å². The molecule has 3 amide bonds. The van der Waals surface area contributed by atoms with E-state index in [1.165, 1.54) is 16.5 Å². The minimum atomic E-state index is -0.325. The Morgan fingerprint density at radius 3 is 2.37 bits per heavy atom. The van der Waals surface area contributed by atoms with Crippen molar-refractivity contribution in [2.24, 2.45) is 0 Å². The summed E-state index contributed by atoms with van der Waals surface area (Å²) < 4.78 is 14.2. The molecular weight excluding hydrogens is 485 g/mol. The number of nitrogens with zero attached hydrogens (tertiary/aromatic N) is 2. The van der Waals surface area contributed by atoms with Gasteiger partial charge in [0.2, 0.25) is 12.3 Å². The summed E-state index contributed by atoms with van der Waals surface area (Å²) in [5, 5.41) is 6.40. The second-order valence-electron chi connectivity index (χ2n) is 10.2. The van der Waals surface area contributed by atoms with Crippen LogP contribution in [0.3, 0.4) is 0 Å². The first kappa shape index (κ1) is 28.7. The fraction of sp³-hybridized carbons (Fsp3) is 0.414. The fourth-order valence-electron chi connectivity index (χ4n) is 4.28. The molecule has 0 bridgehead atoms. The molecule has 3 N–H and O–H groups in total. The highest BCUT2D eigenvalue weighted by Gasteiger charge is 2.27. The van der Waals surface area contributed by atoms with E-state index < -0.39 is 0 Å². The van der Waals surface area contributed by atoms with E-state index in [1.807, 2.05) is 19.9 Å². The number of H-pyrrole nitrogens is 1. The van der Waals surface area contributed by atoms with Crippen LogP contribution in [-0.4, -0.2) is 67.7 Å². The topological polar surface area (TPSA) is 97.5 Å². The van der Waals surface area contributed by atoms with E-state index in [0.29, 0.717) is 35.4 Å². The van der Waals surface area contributed by atoms with Gasteiger partial charge in [-0.15, -0.1) is 0 Å². The van der Waals surface area contributed by atoms with Crippen molar-refractivity contribution in [2.75, 3.05) is 40.1 Å². The van der Waals surface area contributed by atoms with Crippen LogP contribution in [0.15, 0.2) is 17.7 Å². The van der Waals surface area contributed by atoms with E-state index >= 15 is 0 Å². The van der Waals surface area contributed by atoms with Crippen LogP contribution in [0, 0.1) is 26.6 Å². The first-order chi connectivity index (χ1) is 17.9. The maximum absolute atomic E-state index is 14.2. The summed E-state index contributed by atoms with van der Waals surface area (Å²) in [6, 6.07) is 3.09. The van der Waals surface area contributed by atoms with Gasteiger partial charge in [0.1, 0.15) is 5.82 Å². The largest absolute Gasteiger partial charge is 0.385 e. The Kier molecular flexibility index (Phi) is 9.14. The van der Waals surface area contributed by atoms with E-state index in [1.54, 1.807) is 46.1 Å². The van der Waals surface area contributed by atoms with E-state index in [2.05, 4.69) is 15.6 Å². The van der Waals surface area contributed by atoms with Gasteiger partial charge >= 0.3 is 0 Å². The first-order valence-corrected chi connectivity index (χ1v) is 12.7. The average molecular weight is 524 g/mol. The Labute approximate surface area is 224 Å². The third kappa shape index (κ3) is 6.70. The van der Waals surface area contributed by atoms with E-state index in [0.717, 1.165) is 53.9 Å². The summed E-state index contributed by atoms with van der Waals surface area (Å²) in [7, 11) is 6.92. The van der Waals surface area contributed by atoms with Crippen LogP contribution in [0.5, 0.6) is 0 Å². The molecular formula is C29H38FN5O3. The van der Waals surface area contributed by atoms with Crippen LogP contribution in [0.25, 0.3) is 17.3 Å². The van der Waals surface area contributed by atoms with Gasteiger partial charge in [0, 0.05) is 75.1 Å². The monoisotopic (exact) mass is 523 g/mol. The third-order valence-corrected chi connectivity index (χ3v) is 6.53. The molecule has 38 heavy (non-hydrogen) atoms. The quantitative estimate of drug-likeness (QED) is 0.274. The molecule has 1 aromatic carbocycles. The van der Waals surface area contributed by atoms with Crippen LogP contribution >= 0.6 is 0 Å². The van der Waals surface area contributed by atoms with E-state index in [-0.39, 0.29) is 17.6 Å². The number of carbonyl (C=O) groups is 3. The predicted molar refractivity (Wildman–Crippen MR) is 150 cm³/mol. The molecule has 1 fully saturated rings. The van der Waals surface area contributed by atoms with Crippen molar-refractivity contribution in [3.05, 3.63) is 57.2 Å². The standard InChI is InChI=1S/C26H31FN4O2.C3H7NO/c1-14-11-22-18(12-20(14)27)19(26(33)30-22)13-21-15(2)24(16(3)29-21)25(17-8-9-17)28-10-6-7-23(32)31(4)5;1-4(2)3-5/h11-13,28-29H,6-10H2,1-5H3,(H,30,33);3H,1-2H3/b19-13-;. The summed E-state index contributed by atoms with van der Waals surface area (Å²) >= 11 is 0. The third-order valence-electron chi connectivity index (χ3n) is 6.53. The SMILES string of the molecule is CN(C)C=O.Cc1cc2c(cc1F)/C(=C/c1[nH]c(C)c(C(NCCCC(=O)N(C)C)=C3CC3)c1C)C(=O)N2. The summed E-state index contributed by atoms with van der Waals surface area (Å²) in [4.78, 5) is 40.4. The number of aryl methyl sites for hydroxylation is 2.